The third-order valence-electron chi connectivity index (χ3n) is 3.65. The lowest BCUT2D eigenvalue weighted by Crippen LogP contribution is -2.18. The third-order valence-corrected chi connectivity index (χ3v) is 3.65. The number of ether oxygens (including phenoxy) is 1. The highest BCUT2D eigenvalue weighted by atomic mass is 16.6. The Labute approximate surface area is 133 Å². The van der Waals surface area contributed by atoms with Gasteiger partial charge in [-0.05, 0) is 24.1 Å². The van der Waals surface area contributed by atoms with Gasteiger partial charge in [-0.15, -0.1) is 0 Å². The molecule has 1 aromatic carbocycles. The van der Waals surface area contributed by atoms with Crippen LogP contribution in [-0.2, 0) is 18.4 Å². The maximum Gasteiger partial charge on any atom is 0.311 e. The van der Waals surface area contributed by atoms with Crippen LogP contribution in [0.3, 0.4) is 0 Å². The quantitative estimate of drug-likeness (QED) is 0.461. The molecule has 8 heteroatoms. The van der Waals surface area contributed by atoms with Gasteiger partial charge in [0, 0.05) is 25.7 Å². The minimum atomic E-state index is -0.477. The number of hydrogen-bond acceptors (Lipinski definition) is 5. The van der Waals surface area contributed by atoms with Crippen LogP contribution in [0.1, 0.15) is 11.3 Å². The number of carbonyl (C=O) groups is 1. The topological polar surface area (TPSA) is 90.5 Å². The van der Waals surface area contributed by atoms with E-state index in [2.05, 4.69) is 5.10 Å². The molecule has 0 unspecified atom stereocenters. The van der Waals surface area contributed by atoms with E-state index in [4.69, 9.17) is 4.74 Å². The number of aromatic nitrogens is 2. The molecule has 1 heterocycles. The van der Waals surface area contributed by atoms with Crippen molar-refractivity contribution in [2.45, 2.75) is 13.5 Å². The summed E-state index contributed by atoms with van der Waals surface area (Å²) in [5, 5.41) is 15.5. The highest BCUT2D eigenvalue weighted by molar-refractivity contribution is 5.74. The second-order valence-electron chi connectivity index (χ2n) is 5.25. The van der Waals surface area contributed by atoms with Crippen molar-refractivity contribution in [3.05, 3.63) is 39.7 Å². The van der Waals surface area contributed by atoms with E-state index in [1.165, 1.54) is 18.1 Å². The number of aryl methyl sites for hydroxylation is 2. The Kier molecular flexibility index (Phi) is 4.63. The van der Waals surface area contributed by atoms with E-state index in [1.54, 1.807) is 31.0 Å². The van der Waals surface area contributed by atoms with Crippen molar-refractivity contribution in [2.75, 3.05) is 14.2 Å². The van der Waals surface area contributed by atoms with Crippen LogP contribution in [0.2, 0.25) is 0 Å². The van der Waals surface area contributed by atoms with E-state index in [0.717, 1.165) is 23.2 Å². The van der Waals surface area contributed by atoms with Gasteiger partial charge in [0.1, 0.15) is 0 Å². The number of amides is 1. The summed E-state index contributed by atoms with van der Waals surface area (Å²) in [5.74, 6) is 0.215. The zero-order valence-electron chi connectivity index (χ0n) is 13.4. The lowest BCUT2D eigenvalue weighted by Gasteiger charge is -2.14. The van der Waals surface area contributed by atoms with E-state index in [0.29, 0.717) is 12.1 Å². The molecule has 0 atom stereocenters. The number of methoxy groups -OCH3 is 1. The standard InChI is InChI=1S/C15H18N4O4/c1-10-5-15(23-4)13(19(21)22)6-11(10)12-7-16-18(3)14(12)8-17(2)9-20/h5-7,9H,8H2,1-4H3. The zero-order valence-corrected chi connectivity index (χ0v) is 13.4. The van der Waals surface area contributed by atoms with Crippen LogP contribution in [0.25, 0.3) is 11.1 Å². The molecule has 0 aliphatic heterocycles. The first kappa shape index (κ1) is 16.5. The molecule has 0 saturated heterocycles. The van der Waals surface area contributed by atoms with E-state index in [-0.39, 0.29) is 11.4 Å². The number of nitrogens with zero attached hydrogens (tertiary/aromatic N) is 4. The molecule has 0 spiro atoms. The molecular formula is C15H18N4O4. The highest BCUT2D eigenvalue weighted by Gasteiger charge is 2.21. The Morgan fingerprint density at radius 1 is 1.43 bits per heavy atom. The maximum absolute atomic E-state index is 11.2. The molecular weight excluding hydrogens is 300 g/mol. The molecule has 0 radical (unpaired) electrons. The average molecular weight is 318 g/mol. The normalized spacial score (nSPS) is 10.4. The van der Waals surface area contributed by atoms with E-state index in [9.17, 15) is 14.9 Å². The molecule has 2 aromatic rings. The molecule has 0 bridgehead atoms. The van der Waals surface area contributed by atoms with E-state index >= 15 is 0 Å². The Bertz CT molecular complexity index is 754. The lowest BCUT2D eigenvalue weighted by molar-refractivity contribution is -0.385. The van der Waals surface area contributed by atoms with Crippen molar-refractivity contribution < 1.29 is 14.5 Å². The largest absolute Gasteiger partial charge is 0.490 e. The Balaban J connectivity index is 2.61. The van der Waals surface area contributed by atoms with Crippen LogP contribution >= 0.6 is 0 Å². The van der Waals surface area contributed by atoms with Crippen molar-refractivity contribution in [1.29, 1.82) is 0 Å². The highest BCUT2D eigenvalue weighted by Crippen LogP contribution is 2.36. The number of nitro benzene ring substituents is 1. The van der Waals surface area contributed by atoms with Crippen molar-refractivity contribution in [3.63, 3.8) is 0 Å². The van der Waals surface area contributed by atoms with Crippen LogP contribution in [0.4, 0.5) is 5.69 Å². The first-order chi connectivity index (χ1) is 10.9. The fraction of sp³-hybridized carbons (Fsp3) is 0.333. The van der Waals surface area contributed by atoms with Gasteiger partial charge in [0.25, 0.3) is 0 Å². The number of rotatable bonds is 6. The summed E-state index contributed by atoms with van der Waals surface area (Å²) < 4.78 is 6.74. The minimum Gasteiger partial charge on any atom is -0.490 e. The Morgan fingerprint density at radius 3 is 2.70 bits per heavy atom. The van der Waals surface area contributed by atoms with Gasteiger partial charge in [0.2, 0.25) is 6.41 Å². The van der Waals surface area contributed by atoms with Crippen LogP contribution in [0, 0.1) is 17.0 Å². The average Bonchev–Trinajstić information content (AvgIpc) is 2.87. The van der Waals surface area contributed by atoms with E-state index in [1.807, 2.05) is 6.92 Å². The number of carbonyl (C=O) groups excluding carboxylic acids is 1. The first-order valence-corrected chi connectivity index (χ1v) is 6.88. The monoisotopic (exact) mass is 318 g/mol. The summed E-state index contributed by atoms with van der Waals surface area (Å²) in [4.78, 5) is 23.1. The molecule has 2 rings (SSSR count). The second-order valence-corrected chi connectivity index (χ2v) is 5.25. The SMILES string of the molecule is COc1cc(C)c(-c2cnn(C)c2CN(C)C=O)cc1[N+](=O)[O-]. The van der Waals surface area contributed by atoms with Crippen LogP contribution in [-0.4, -0.2) is 40.2 Å². The molecule has 8 nitrogen and oxygen atoms in total. The van der Waals surface area contributed by atoms with Crippen molar-refractivity contribution in [3.8, 4) is 16.9 Å². The van der Waals surface area contributed by atoms with Gasteiger partial charge < -0.3 is 9.64 Å². The third kappa shape index (κ3) is 3.15. The summed E-state index contributed by atoms with van der Waals surface area (Å²) in [6.45, 7) is 2.20. The van der Waals surface area contributed by atoms with Crippen molar-refractivity contribution in [1.82, 2.24) is 14.7 Å². The number of benzene rings is 1. The number of nitro groups is 1. The van der Waals surface area contributed by atoms with Crippen LogP contribution in [0.5, 0.6) is 5.75 Å². The summed E-state index contributed by atoms with van der Waals surface area (Å²) in [6.07, 6.45) is 2.37. The molecule has 0 N–H and O–H groups in total. The van der Waals surface area contributed by atoms with Gasteiger partial charge >= 0.3 is 5.69 Å². The number of hydrogen-bond donors (Lipinski definition) is 0. The molecule has 0 aliphatic carbocycles. The zero-order chi connectivity index (χ0) is 17.1. The Morgan fingerprint density at radius 2 is 2.13 bits per heavy atom. The summed E-state index contributed by atoms with van der Waals surface area (Å²) in [7, 11) is 4.83. The maximum atomic E-state index is 11.2. The van der Waals surface area contributed by atoms with Crippen molar-refractivity contribution in [2.24, 2.45) is 7.05 Å². The summed E-state index contributed by atoms with van der Waals surface area (Å²) >= 11 is 0. The summed E-state index contributed by atoms with van der Waals surface area (Å²) in [5.41, 5.74) is 2.97. The Hall–Kier alpha value is -2.90. The van der Waals surface area contributed by atoms with Gasteiger partial charge in [-0.1, -0.05) is 0 Å². The molecule has 23 heavy (non-hydrogen) atoms. The summed E-state index contributed by atoms with van der Waals surface area (Å²) in [6, 6.07) is 3.11. The van der Waals surface area contributed by atoms with Crippen LogP contribution in [0.15, 0.2) is 18.3 Å². The van der Waals surface area contributed by atoms with E-state index < -0.39 is 4.92 Å². The molecule has 0 saturated carbocycles. The lowest BCUT2D eigenvalue weighted by atomic mass is 9.99. The van der Waals surface area contributed by atoms with Gasteiger partial charge in [0.05, 0.1) is 30.5 Å². The predicted molar refractivity (Wildman–Crippen MR) is 84.1 cm³/mol. The van der Waals surface area contributed by atoms with Gasteiger partial charge in [0.15, 0.2) is 5.75 Å². The van der Waals surface area contributed by atoms with Gasteiger partial charge in [-0.3, -0.25) is 19.6 Å². The molecule has 1 amide bonds. The van der Waals surface area contributed by atoms with Crippen molar-refractivity contribution >= 4 is 12.1 Å². The fourth-order valence-corrected chi connectivity index (χ4v) is 2.42. The fourth-order valence-electron chi connectivity index (χ4n) is 2.42. The molecule has 122 valence electrons. The second kappa shape index (κ2) is 6.47. The first-order valence-electron chi connectivity index (χ1n) is 6.88. The minimum absolute atomic E-state index is 0.105. The predicted octanol–water partition coefficient (Wildman–Crippen LogP) is 1.90. The smallest absolute Gasteiger partial charge is 0.311 e. The van der Waals surface area contributed by atoms with Gasteiger partial charge in [-0.2, -0.15) is 5.10 Å². The van der Waals surface area contributed by atoms with Gasteiger partial charge in [-0.25, -0.2) is 0 Å². The molecule has 0 fully saturated rings. The van der Waals surface area contributed by atoms with Crippen LogP contribution < -0.4 is 4.74 Å². The molecule has 0 aliphatic rings. The molecule has 1 aromatic heterocycles.